The molecule has 1 aromatic heterocycles. The van der Waals surface area contributed by atoms with Crippen molar-refractivity contribution < 1.29 is 4.79 Å². The maximum absolute atomic E-state index is 12.5. The fourth-order valence-electron chi connectivity index (χ4n) is 2.30. The van der Waals surface area contributed by atoms with Gasteiger partial charge in [-0.2, -0.15) is 0 Å². The average molecular weight is 372 g/mol. The Labute approximate surface area is 155 Å². The Bertz CT molecular complexity index is 908. The lowest BCUT2D eigenvalue weighted by molar-refractivity contribution is 0.102. The molecule has 126 valence electrons. The summed E-state index contributed by atoms with van der Waals surface area (Å²) in [5.41, 5.74) is 3.55. The summed E-state index contributed by atoms with van der Waals surface area (Å²) >= 11 is 12.2. The molecule has 1 amide bonds. The van der Waals surface area contributed by atoms with Crippen molar-refractivity contribution >= 4 is 46.2 Å². The summed E-state index contributed by atoms with van der Waals surface area (Å²) in [6.07, 6.45) is 3.15. The van der Waals surface area contributed by atoms with E-state index < -0.39 is 0 Å². The second-order valence-corrected chi connectivity index (χ2v) is 6.27. The molecule has 0 aliphatic heterocycles. The van der Waals surface area contributed by atoms with Gasteiger partial charge in [0.15, 0.2) is 0 Å². The third-order valence-corrected chi connectivity index (χ3v) is 4.26. The quantitative estimate of drug-likeness (QED) is 0.618. The number of nitrogens with zero attached hydrogens (tertiary/aromatic N) is 1. The summed E-state index contributed by atoms with van der Waals surface area (Å²) in [5.74, 6) is -0.337. The number of carbonyl (C=O) groups excluding carboxylic acids is 1. The molecule has 2 N–H and O–H groups in total. The van der Waals surface area contributed by atoms with Crippen LogP contribution in [-0.4, -0.2) is 10.9 Å². The van der Waals surface area contributed by atoms with Crippen LogP contribution in [0.15, 0.2) is 60.9 Å². The van der Waals surface area contributed by atoms with Gasteiger partial charge in [-0.05, 0) is 36.8 Å². The van der Waals surface area contributed by atoms with E-state index in [1.165, 1.54) is 6.20 Å². The Balaban J connectivity index is 1.81. The molecule has 0 saturated carbocycles. The molecule has 0 aliphatic rings. The number of hydrogen-bond donors (Lipinski definition) is 2. The Hall–Kier alpha value is -2.56. The van der Waals surface area contributed by atoms with Crippen molar-refractivity contribution in [2.75, 3.05) is 10.6 Å². The van der Waals surface area contributed by atoms with Gasteiger partial charge in [0.25, 0.3) is 5.91 Å². The van der Waals surface area contributed by atoms with Crippen molar-refractivity contribution in [3.8, 4) is 0 Å². The van der Waals surface area contributed by atoms with E-state index in [4.69, 9.17) is 23.2 Å². The van der Waals surface area contributed by atoms with E-state index in [2.05, 4.69) is 15.6 Å². The standard InChI is InChI=1S/C19H15Cl2N3O/c1-12-5-2-3-8-17(12)23-14-9-13(10-22-11-14)19(25)24-18-15(20)6-4-7-16(18)21/h2-11,23H,1H3,(H,24,25). The molecule has 0 bridgehead atoms. The van der Waals surface area contributed by atoms with Crippen molar-refractivity contribution in [1.82, 2.24) is 4.98 Å². The first-order valence-electron chi connectivity index (χ1n) is 7.57. The molecule has 4 nitrogen and oxygen atoms in total. The van der Waals surface area contributed by atoms with Crippen LogP contribution in [0.1, 0.15) is 15.9 Å². The zero-order valence-electron chi connectivity index (χ0n) is 13.4. The molecule has 0 atom stereocenters. The first-order chi connectivity index (χ1) is 12.0. The van der Waals surface area contributed by atoms with E-state index in [1.54, 1.807) is 30.5 Å². The SMILES string of the molecule is Cc1ccccc1Nc1cncc(C(=O)Nc2c(Cl)cccc2Cl)c1. The minimum absolute atomic E-state index is 0.337. The zero-order chi connectivity index (χ0) is 17.8. The van der Waals surface area contributed by atoms with E-state index in [-0.39, 0.29) is 5.91 Å². The minimum atomic E-state index is -0.337. The van der Waals surface area contributed by atoms with E-state index >= 15 is 0 Å². The predicted molar refractivity (Wildman–Crippen MR) is 103 cm³/mol. The highest BCUT2D eigenvalue weighted by atomic mass is 35.5. The lowest BCUT2D eigenvalue weighted by Gasteiger charge is -2.11. The smallest absolute Gasteiger partial charge is 0.257 e. The molecule has 25 heavy (non-hydrogen) atoms. The zero-order valence-corrected chi connectivity index (χ0v) is 14.9. The maximum atomic E-state index is 12.5. The molecular formula is C19H15Cl2N3O. The molecule has 0 unspecified atom stereocenters. The second kappa shape index (κ2) is 7.55. The fraction of sp³-hybridized carbons (Fsp3) is 0.0526. The molecule has 2 aromatic carbocycles. The van der Waals surface area contributed by atoms with Crippen LogP contribution in [0.25, 0.3) is 0 Å². The van der Waals surface area contributed by atoms with Crippen LogP contribution in [0.3, 0.4) is 0 Å². The van der Waals surface area contributed by atoms with Gasteiger partial charge >= 0.3 is 0 Å². The van der Waals surface area contributed by atoms with Crippen LogP contribution in [-0.2, 0) is 0 Å². The van der Waals surface area contributed by atoms with Gasteiger partial charge in [-0.3, -0.25) is 9.78 Å². The number of aromatic nitrogens is 1. The van der Waals surface area contributed by atoms with Gasteiger partial charge in [0.2, 0.25) is 0 Å². The lowest BCUT2D eigenvalue weighted by atomic mass is 10.2. The van der Waals surface area contributed by atoms with Gasteiger partial charge in [-0.15, -0.1) is 0 Å². The van der Waals surface area contributed by atoms with E-state index in [1.807, 2.05) is 31.2 Å². The van der Waals surface area contributed by atoms with Gasteiger partial charge in [0.05, 0.1) is 33.2 Å². The van der Waals surface area contributed by atoms with Crippen LogP contribution < -0.4 is 10.6 Å². The topological polar surface area (TPSA) is 54.0 Å². The molecule has 3 rings (SSSR count). The molecule has 0 fully saturated rings. The number of amides is 1. The number of hydrogen-bond acceptors (Lipinski definition) is 3. The number of aryl methyl sites for hydroxylation is 1. The highest BCUT2D eigenvalue weighted by Gasteiger charge is 2.12. The summed E-state index contributed by atoms with van der Waals surface area (Å²) in [6, 6.07) is 14.6. The number of para-hydroxylation sites is 2. The number of pyridine rings is 1. The number of benzene rings is 2. The summed E-state index contributed by atoms with van der Waals surface area (Å²) in [5, 5.41) is 6.74. The molecule has 1 heterocycles. The third-order valence-electron chi connectivity index (χ3n) is 3.63. The largest absolute Gasteiger partial charge is 0.354 e. The number of halogens is 2. The van der Waals surface area contributed by atoms with Crippen molar-refractivity contribution in [3.05, 3.63) is 82.1 Å². The Kier molecular flexibility index (Phi) is 5.22. The first-order valence-corrected chi connectivity index (χ1v) is 8.33. The first kappa shape index (κ1) is 17.3. The predicted octanol–water partition coefficient (Wildman–Crippen LogP) is 5.69. The Morgan fingerprint density at radius 1 is 1.00 bits per heavy atom. The van der Waals surface area contributed by atoms with Crippen molar-refractivity contribution in [2.45, 2.75) is 6.92 Å². The maximum Gasteiger partial charge on any atom is 0.257 e. The summed E-state index contributed by atoms with van der Waals surface area (Å²) in [7, 11) is 0. The fourth-order valence-corrected chi connectivity index (χ4v) is 2.80. The van der Waals surface area contributed by atoms with E-state index in [9.17, 15) is 4.79 Å². The molecular weight excluding hydrogens is 357 g/mol. The van der Waals surface area contributed by atoms with Crippen LogP contribution in [0.5, 0.6) is 0 Å². The third kappa shape index (κ3) is 4.10. The molecule has 3 aromatic rings. The van der Waals surface area contributed by atoms with Gasteiger partial charge in [-0.1, -0.05) is 47.5 Å². The number of rotatable bonds is 4. The summed E-state index contributed by atoms with van der Waals surface area (Å²) in [6.45, 7) is 2.01. The summed E-state index contributed by atoms with van der Waals surface area (Å²) in [4.78, 5) is 16.6. The Morgan fingerprint density at radius 2 is 1.72 bits per heavy atom. The molecule has 0 aliphatic carbocycles. The average Bonchev–Trinajstić information content (AvgIpc) is 2.60. The van der Waals surface area contributed by atoms with Crippen LogP contribution in [0.2, 0.25) is 10.0 Å². The molecule has 0 saturated heterocycles. The molecule has 0 spiro atoms. The van der Waals surface area contributed by atoms with E-state index in [0.717, 1.165) is 11.3 Å². The number of anilines is 3. The number of carbonyl (C=O) groups is 1. The highest BCUT2D eigenvalue weighted by molar-refractivity contribution is 6.40. The monoisotopic (exact) mass is 371 g/mol. The van der Waals surface area contributed by atoms with Crippen molar-refractivity contribution in [1.29, 1.82) is 0 Å². The number of nitrogens with one attached hydrogen (secondary N) is 2. The van der Waals surface area contributed by atoms with Gasteiger partial charge in [0.1, 0.15) is 0 Å². The Morgan fingerprint density at radius 3 is 2.44 bits per heavy atom. The van der Waals surface area contributed by atoms with Crippen molar-refractivity contribution in [3.63, 3.8) is 0 Å². The van der Waals surface area contributed by atoms with Crippen LogP contribution >= 0.6 is 23.2 Å². The summed E-state index contributed by atoms with van der Waals surface area (Å²) < 4.78 is 0. The van der Waals surface area contributed by atoms with Crippen LogP contribution in [0.4, 0.5) is 17.1 Å². The molecule has 6 heteroatoms. The highest BCUT2D eigenvalue weighted by Crippen LogP contribution is 2.30. The minimum Gasteiger partial charge on any atom is -0.354 e. The van der Waals surface area contributed by atoms with Gasteiger partial charge in [-0.25, -0.2) is 0 Å². The van der Waals surface area contributed by atoms with E-state index in [0.29, 0.717) is 27.0 Å². The van der Waals surface area contributed by atoms with Gasteiger partial charge < -0.3 is 10.6 Å². The normalized spacial score (nSPS) is 10.4. The van der Waals surface area contributed by atoms with Crippen molar-refractivity contribution in [2.24, 2.45) is 0 Å². The lowest BCUT2D eigenvalue weighted by Crippen LogP contribution is -2.13. The van der Waals surface area contributed by atoms with Crippen LogP contribution in [0, 0.1) is 6.92 Å². The second-order valence-electron chi connectivity index (χ2n) is 5.45. The van der Waals surface area contributed by atoms with Gasteiger partial charge in [0, 0.05) is 11.9 Å². The molecule has 0 radical (unpaired) electrons.